The molecule has 0 aliphatic rings. The smallest absolute Gasteiger partial charge is 0.166 e. The Bertz CT molecular complexity index is 443. The van der Waals surface area contributed by atoms with Crippen LogP contribution < -0.4 is 0 Å². The zero-order valence-corrected chi connectivity index (χ0v) is 8.78. The van der Waals surface area contributed by atoms with Crippen molar-refractivity contribution in [2.75, 3.05) is 0 Å². The lowest BCUT2D eigenvalue weighted by Gasteiger charge is -1.93. The van der Waals surface area contributed by atoms with Crippen LogP contribution in [0.25, 0.3) is 10.2 Å². The summed E-state index contributed by atoms with van der Waals surface area (Å²) in [4.78, 5) is 10.6. The van der Waals surface area contributed by atoms with Crippen LogP contribution in [-0.4, -0.2) is 10.9 Å². The van der Waals surface area contributed by atoms with Gasteiger partial charge < -0.3 is 4.57 Å². The summed E-state index contributed by atoms with van der Waals surface area (Å²) >= 11 is 5.04. The van der Waals surface area contributed by atoms with Crippen LogP contribution in [0.5, 0.6) is 0 Å². The normalized spacial score (nSPS) is 10.8. The molecule has 62 valence electrons. The van der Waals surface area contributed by atoms with Crippen LogP contribution in [0.2, 0.25) is 0 Å². The molecule has 0 atom stereocenters. The molecule has 2 nitrogen and oxygen atoms in total. The Morgan fingerprint density at radius 3 is 2.92 bits per heavy atom. The second-order valence-electron chi connectivity index (χ2n) is 2.55. The van der Waals surface area contributed by atoms with Crippen LogP contribution >= 0.6 is 27.3 Å². The molecule has 0 spiro atoms. The van der Waals surface area contributed by atoms with Gasteiger partial charge in [0.1, 0.15) is 0 Å². The van der Waals surface area contributed by atoms with Gasteiger partial charge in [0, 0.05) is 7.05 Å². The van der Waals surface area contributed by atoms with Crippen molar-refractivity contribution in [3.63, 3.8) is 0 Å². The van der Waals surface area contributed by atoms with Crippen LogP contribution in [0, 0.1) is 0 Å². The van der Waals surface area contributed by atoms with E-state index in [0.717, 1.165) is 26.0 Å². The second-order valence-corrected chi connectivity index (χ2v) is 5.01. The summed E-state index contributed by atoms with van der Waals surface area (Å²) in [6.45, 7) is 0. The van der Waals surface area contributed by atoms with Gasteiger partial charge in [-0.1, -0.05) is 0 Å². The highest BCUT2D eigenvalue weighted by Crippen LogP contribution is 2.31. The highest BCUT2D eigenvalue weighted by molar-refractivity contribution is 9.11. The zero-order chi connectivity index (χ0) is 8.72. The van der Waals surface area contributed by atoms with E-state index in [2.05, 4.69) is 15.9 Å². The lowest BCUT2D eigenvalue weighted by Crippen LogP contribution is -1.92. The van der Waals surface area contributed by atoms with Gasteiger partial charge >= 0.3 is 0 Å². The third-order valence-corrected chi connectivity index (χ3v) is 3.43. The number of aryl methyl sites for hydroxylation is 1. The number of carbonyl (C=O) groups is 1. The molecule has 0 saturated heterocycles. The molecule has 0 aliphatic carbocycles. The van der Waals surface area contributed by atoms with Crippen LogP contribution in [0.1, 0.15) is 10.5 Å². The number of hydrogen-bond acceptors (Lipinski definition) is 2. The second kappa shape index (κ2) is 2.71. The largest absolute Gasteiger partial charge is 0.341 e. The first-order chi connectivity index (χ1) is 5.72. The fraction of sp³-hybridized carbons (Fsp3) is 0.125. The van der Waals surface area contributed by atoms with Crippen molar-refractivity contribution in [3.05, 3.63) is 21.6 Å². The van der Waals surface area contributed by atoms with Crippen molar-refractivity contribution in [2.45, 2.75) is 0 Å². The maximum absolute atomic E-state index is 10.6. The molecule has 12 heavy (non-hydrogen) atoms. The molecule has 0 bridgehead atoms. The van der Waals surface area contributed by atoms with Crippen LogP contribution in [0.3, 0.4) is 0 Å². The molecule has 0 unspecified atom stereocenters. The average Bonchev–Trinajstić information content (AvgIpc) is 2.51. The number of aromatic nitrogens is 1. The maximum atomic E-state index is 10.6. The van der Waals surface area contributed by atoms with Gasteiger partial charge in [0.2, 0.25) is 0 Å². The van der Waals surface area contributed by atoms with E-state index in [1.165, 1.54) is 0 Å². The molecule has 2 rings (SSSR count). The molecule has 0 fully saturated rings. The Morgan fingerprint density at radius 1 is 1.58 bits per heavy atom. The molecule has 0 saturated carbocycles. The third-order valence-electron chi connectivity index (χ3n) is 1.86. The van der Waals surface area contributed by atoms with Gasteiger partial charge in [-0.2, -0.15) is 0 Å². The lowest BCUT2D eigenvalue weighted by atomic mass is 10.5. The van der Waals surface area contributed by atoms with E-state index in [9.17, 15) is 4.79 Å². The quantitative estimate of drug-likeness (QED) is 0.707. The number of thiophene rings is 1. The third kappa shape index (κ3) is 1.03. The van der Waals surface area contributed by atoms with Gasteiger partial charge in [0.15, 0.2) is 6.29 Å². The number of aldehydes is 1. The van der Waals surface area contributed by atoms with E-state index in [4.69, 9.17) is 0 Å². The molecule has 0 amide bonds. The van der Waals surface area contributed by atoms with Gasteiger partial charge in [-0.15, -0.1) is 11.3 Å². The predicted octanol–water partition coefficient (Wildman–Crippen LogP) is 2.81. The molecular formula is C8H6BrNOS. The predicted molar refractivity (Wildman–Crippen MR) is 53.9 cm³/mol. The SMILES string of the molecule is Cn1c(C=O)cc2sc(Br)cc21. The molecule has 0 N–H and O–H groups in total. The van der Waals surface area contributed by atoms with Crippen LogP contribution in [0.15, 0.2) is 15.9 Å². The fourth-order valence-electron chi connectivity index (χ4n) is 1.21. The number of nitrogens with zero attached hydrogens (tertiary/aromatic N) is 1. The van der Waals surface area contributed by atoms with Gasteiger partial charge in [-0.25, -0.2) is 0 Å². The Hall–Kier alpha value is -0.610. The lowest BCUT2D eigenvalue weighted by molar-refractivity contribution is 0.111. The van der Waals surface area contributed by atoms with E-state index >= 15 is 0 Å². The van der Waals surface area contributed by atoms with E-state index < -0.39 is 0 Å². The first-order valence-corrected chi connectivity index (χ1v) is 5.03. The molecule has 2 heterocycles. The van der Waals surface area contributed by atoms with Crippen molar-refractivity contribution < 1.29 is 4.79 Å². The summed E-state index contributed by atoms with van der Waals surface area (Å²) < 4.78 is 4.14. The van der Waals surface area contributed by atoms with Crippen LogP contribution in [-0.2, 0) is 7.05 Å². The summed E-state index contributed by atoms with van der Waals surface area (Å²) in [6, 6.07) is 3.92. The Kier molecular flexibility index (Phi) is 1.81. The van der Waals surface area contributed by atoms with Crippen molar-refractivity contribution in [1.82, 2.24) is 4.57 Å². The van der Waals surface area contributed by atoms with Gasteiger partial charge in [-0.3, -0.25) is 4.79 Å². The highest BCUT2D eigenvalue weighted by Gasteiger charge is 2.07. The minimum atomic E-state index is 0.726. The average molecular weight is 244 g/mol. The summed E-state index contributed by atoms with van der Waals surface area (Å²) in [5.41, 5.74) is 1.83. The van der Waals surface area contributed by atoms with E-state index in [1.807, 2.05) is 23.7 Å². The Balaban J connectivity index is 2.82. The number of halogens is 1. The summed E-state index contributed by atoms with van der Waals surface area (Å²) in [6.07, 6.45) is 0.876. The van der Waals surface area contributed by atoms with Gasteiger partial charge in [-0.05, 0) is 28.1 Å². The van der Waals surface area contributed by atoms with Gasteiger partial charge in [0.05, 0.1) is 19.7 Å². The number of hydrogen-bond donors (Lipinski definition) is 0. The molecule has 0 radical (unpaired) electrons. The van der Waals surface area contributed by atoms with Crippen LogP contribution in [0.4, 0.5) is 0 Å². The number of fused-ring (bicyclic) bond motifs is 1. The monoisotopic (exact) mass is 243 g/mol. The molecular weight excluding hydrogens is 238 g/mol. The molecule has 4 heteroatoms. The van der Waals surface area contributed by atoms with Crippen molar-refractivity contribution in [1.29, 1.82) is 0 Å². The standard InChI is InChI=1S/C8H6BrNOS/c1-10-5(4-11)2-7-6(10)3-8(9)12-7/h2-4H,1H3. The minimum Gasteiger partial charge on any atom is -0.341 e. The van der Waals surface area contributed by atoms with E-state index in [1.54, 1.807) is 11.3 Å². The van der Waals surface area contributed by atoms with Crippen molar-refractivity contribution >= 4 is 43.8 Å². The number of rotatable bonds is 1. The van der Waals surface area contributed by atoms with Crippen molar-refractivity contribution in [2.24, 2.45) is 7.05 Å². The summed E-state index contributed by atoms with van der Waals surface area (Å²) in [7, 11) is 1.89. The Morgan fingerprint density at radius 2 is 2.33 bits per heavy atom. The topological polar surface area (TPSA) is 22.0 Å². The molecule has 2 aromatic heterocycles. The first-order valence-electron chi connectivity index (χ1n) is 3.42. The maximum Gasteiger partial charge on any atom is 0.166 e. The van der Waals surface area contributed by atoms with E-state index in [-0.39, 0.29) is 0 Å². The summed E-state index contributed by atoms with van der Waals surface area (Å²) in [5.74, 6) is 0. The van der Waals surface area contributed by atoms with E-state index in [0.29, 0.717) is 0 Å². The minimum absolute atomic E-state index is 0.726. The number of carbonyl (C=O) groups excluding carboxylic acids is 1. The molecule has 0 aliphatic heterocycles. The fourth-order valence-corrected chi connectivity index (χ4v) is 2.81. The molecule has 2 aromatic rings. The summed E-state index contributed by atoms with van der Waals surface area (Å²) in [5, 5.41) is 0. The molecule has 0 aromatic carbocycles. The highest BCUT2D eigenvalue weighted by atomic mass is 79.9. The zero-order valence-electron chi connectivity index (χ0n) is 6.37. The van der Waals surface area contributed by atoms with Crippen molar-refractivity contribution in [3.8, 4) is 0 Å². The van der Waals surface area contributed by atoms with Gasteiger partial charge in [0.25, 0.3) is 0 Å². The Labute approximate surface area is 81.9 Å². The first kappa shape index (κ1) is 8.01.